The maximum atomic E-state index is 4.87. The Hall–Kier alpha value is -4.37. The number of benzene rings is 4. The van der Waals surface area contributed by atoms with Crippen molar-refractivity contribution in [3.63, 3.8) is 0 Å². The fourth-order valence-corrected chi connectivity index (χ4v) is 4.25. The van der Waals surface area contributed by atoms with E-state index in [1.165, 1.54) is 10.8 Å². The number of hydrogen-bond donors (Lipinski definition) is 2. The van der Waals surface area contributed by atoms with Crippen molar-refractivity contribution >= 4 is 33.7 Å². The molecule has 0 aliphatic carbocycles. The highest BCUT2D eigenvalue weighted by atomic mass is 14.8. The van der Waals surface area contributed by atoms with Gasteiger partial charge in [-0.3, -0.25) is 4.99 Å². The van der Waals surface area contributed by atoms with Gasteiger partial charge in [0.15, 0.2) is 0 Å². The zero-order valence-corrected chi connectivity index (χ0v) is 17.4. The molecule has 0 amide bonds. The van der Waals surface area contributed by atoms with Gasteiger partial charge in [0, 0.05) is 44.8 Å². The van der Waals surface area contributed by atoms with Crippen LogP contribution in [0.3, 0.4) is 0 Å². The molecule has 2 heterocycles. The predicted octanol–water partition coefficient (Wildman–Crippen LogP) is 7.73. The van der Waals surface area contributed by atoms with Crippen molar-refractivity contribution in [2.75, 3.05) is 0 Å². The van der Waals surface area contributed by atoms with E-state index in [1.54, 1.807) is 0 Å². The maximum absolute atomic E-state index is 4.87. The fourth-order valence-electron chi connectivity index (χ4n) is 4.25. The summed E-state index contributed by atoms with van der Waals surface area (Å²) in [7, 11) is 0. The molecule has 2 aromatic heterocycles. The second-order valence-corrected chi connectivity index (χ2v) is 7.90. The largest absolute Gasteiger partial charge is 0.355 e. The molecule has 0 aliphatic rings. The molecule has 32 heavy (non-hydrogen) atoms. The molecule has 0 atom stereocenters. The summed E-state index contributed by atoms with van der Waals surface area (Å²) in [4.78, 5) is 11.9. The highest BCUT2D eigenvalue weighted by Gasteiger charge is 2.11. The minimum Gasteiger partial charge on any atom is -0.355 e. The lowest BCUT2D eigenvalue weighted by Gasteiger charge is -2.02. The first kappa shape index (κ1) is 18.4. The van der Waals surface area contributed by atoms with Crippen LogP contribution < -0.4 is 0 Å². The van der Waals surface area contributed by atoms with Crippen molar-refractivity contribution < 1.29 is 0 Å². The summed E-state index contributed by atoms with van der Waals surface area (Å²) in [5.74, 6) is 0. The lowest BCUT2D eigenvalue weighted by Crippen LogP contribution is -1.85. The van der Waals surface area contributed by atoms with Crippen LogP contribution in [0.1, 0.15) is 5.56 Å². The van der Waals surface area contributed by atoms with Gasteiger partial charge in [0.05, 0.1) is 11.4 Å². The van der Waals surface area contributed by atoms with E-state index in [4.69, 9.17) is 4.99 Å². The van der Waals surface area contributed by atoms with Crippen LogP contribution in [0.4, 0.5) is 5.69 Å². The summed E-state index contributed by atoms with van der Waals surface area (Å²) in [6.45, 7) is 0. The quantitative estimate of drug-likeness (QED) is 0.279. The topological polar surface area (TPSA) is 43.9 Å². The standard InChI is InChI=1S/C29H21N3/c1-2-9-20(10-3-1)29-25(24-14-5-7-16-27(24)32-29)19-30-23-13-8-12-21(17-23)28-18-22-11-4-6-15-26(22)31-28/h1-19,31-32H. The van der Waals surface area contributed by atoms with Gasteiger partial charge in [-0.1, -0.05) is 78.9 Å². The molecule has 0 unspecified atom stereocenters. The minimum atomic E-state index is 0.922. The monoisotopic (exact) mass is 411 g/mol. The normalized spacial score (nSPS) is 11.6. The van der Waals surface area contributed by atoms with Crippen LogP contribution in [0.15, 0.2) is 114 Å². The Bertz CT molecular complexity index is 1540. The van der Waals surface area contributed by atoms with Gasteiger partial charge in [0.2, 0.25) is 0 Å². The average Bonchev–Trinajstić information content (AvgIpc) is 3.45. The Morgan fingerprint density at radius 2 is 1.34 bits per heavy atom. The first-order valence-electron chi connectivity index (χ1n) is 10.7. The maximum Gasteiger partial charge on any atom is 0.0636 e. The van der Waals surface area contributed by atoms with E-state index in [2.05, 4.69) is 107 Å². The third kappa shape index (κ3) is 3.30. The van der Waals surface area contributed by atoms with Gasteiger partial charge in [-0.25, -0.2) is 0 Å². The van der Waals surface area contributed by atoms with Gasteiger partial charge in [0.1, 0.15) is 0 Å². The van der Waals surface area contributed by atoms with Crippen LogP contribution in [0.2, 0.25) is 0 Å². The van der Waals surface area contributed by atoms with Crippen molar-refractivity contribution in [3.8, 4) is 22.5 Å². The summed E-state index contributed by atoms with van der Waals surface area (Å²) in [6.07, 6.45) is 1.98. The molecule has 0 spiro atoms. The Labute approximate surface area is 186 Å². The van der Waals surface area contributed by atoms with Crippen LogP contribution >= 0.6 is 0 Å². The third-order valence-corrected chi connectivity index (χ3v) is 5.84. The highest BCUT2D eigenvalue weighted by Crippen LogP contribution is 2.31. The Morgan fingerprint density at radius 1 is 0.594 bits per heavy atom. The predicted molar refractivity (Wildman–Crippen MR) is 135 cm³/mol. The van der Waals surface area contributed by atoms with E-state index in [0.29, 0.717) is 0 Å². The molecule has 152 valence electrons. The summed E-state index contributed by atoms with van der Waals surface area (Å²) < 4.78 is 0. The third-order valence-electron chi connectivity index (χ3n) is 5.84. The van der Waals surface area contributed by atoms with E-state index >= 15 is 0 Å². The van der Waals surface area contributed by atoms with Crippen LogP contribution in [-0.2, 0) is 0 Å². The van der Waals surface area contributed by atoms with E-state index in [9.17, 15) is 0 Å². The first-order chi connectivity index (χ1) is 15.8. The Balaban J connectivity index is 1.41. The van der Waals surface area contributed by atoms with Gasteiger partial charge < -0.3 is 9.97 Å². The zero-order valence-electron chi connectivity index (χ0n) is 17.4. The molecule has 3 nitrogen and oxygen atoms in total. The molecule has 3 heteroatoms. The number of aromatic nitrogens is 2. The zero-order chi connectivity index (χ0) is 21.3. The molecule has 4 aromatic carbocycles. The number of hydrogen-bond acceptors (Lipinski definition) is 1. The second-order valence-electron chi connectivity index (χ2n) is 7.90. The molecule has 6 rings (SSSR count). The number of rotatable bonds is 4. The number of aromatic amines is 2. The molecule has 0 saturated heterocycles. The molecule has 0 aliphatic heterocycles. The molecule has 0 saturated carbocycles. The van der Waals surface area contributed by atoms with Crippen LogP contribution in [-0.4, -0.2) is 16.2 Å². The second kappa shape index (κ2) is 7.71. The van der Waals surface area contributed by atoms with Crippen molar-refractivity contribution in [1.29, 1.82) is 0 Å². The lowest BCUT2D eigenvalue weighted by molar-refractivity contribution is 1.43. The number of nitrogens with one attached hydrogen (secondary N) is 2. The number of para-hydroxylation sites is 2. The number of fused-ring (bicyclic) bond motifs is 2. The van der Waals surface area contributed by atoms with E-state index in [-0.39, 0.29) is 0 Å². The van der Waals surface area contributed by atoms with Gasteiger partial charge in [0.25, 0.3) is 0 Å². The van der Waals surface area contributed by atoms with E-state index < -0.39 is 0 Å². The fraction of sp³-hybridized carbons (Fsp3) is 0. The Kier molecular flexibility index (Phi) is 4.43. The van der Waals surface area contributed by atoms with Crippen LogP contribution in [0.5, 0.6) is 0 Å². The summed E-state index contributed by atoms with van der Waals surface area (Å²) >= 11 is 0. The highest BCUT2D eigenvalue weighted by molar-refractivity contribution is 6.06. The average molecular weight is 412 g/mol. The van der Waals surface area contributed by atoms with Gasteiger partial charge >= 0.3 is 0 Å². The molecular weight excluding hydrogens is 390 g/mol. The van der Waals surface area contributed by atoms with Crippen molar-refractivity contribution in [2.45, 2.75) is 0 Å². The van der Waals surface area contributed by atoms with Crippen LogP contribution in [0, 0.1) is 0 Å². The van der Waals surface area contributed by atoms with Crippen molar-refractivity contribution in [1.82, 2.24) is 9.97 Å². The summed E-state index contributed by atoms with van der Waals surface area (Å²) in [5.41, 5.74) is 8.73. The van der Waals surface area contributed by atoms with E-state index in [0.717, 1.165) is 44.8 Å². The van der Waals surface area contributed by atoms with Crippen molar-refractivity contribution in [2.24, 2.45) is 4.99 Å². The lowest BCUT2D eigenvalue weighted by atomic mass is 10.1. The molecule has 0 bridgehead atoms. The molecule has 2 N–H and O–H groups in total. The van der Waals surface area contributed by atoms with E-state index in [1.807, 2.05) is 18.3 Å². The van der Waals surface area contributed by atoms with Gasteiger partial charge in [-0.2, -0.15) is 0 Å². The van der Waals surface area contributed by atoms with Crippen LogP contribution in [0.25, 0.3) is 44.3 Å². The van der Waals surface area contributed by atoms with Gasteiger partial charge in [-0.15, -0.1) is 0 Å². The molecule has 0 fully saturated rings. The number of H-pyrrole nitrogens is 2. The summed E-state index contributed by atoms with van der Waals surface area (Å²) in [5, 5.41) is 2.38. The van der Waals surface area contributed by atoms with Crippen molar-refractivity contribution in [3.05, 3.63) is 115 Å². The smallest absolute Gasteiger partial charge is 0.0636 e. The van der Waals surface area contributed by atoms with Gasteiger partial charge in [-0.05, 0) is 35.9 Å². The minimum absolute atomic E-state index is 0.922. The molecular formula is C29H21N3. The molecule has 0 radical (unpaired) electrons. The summed E-state index contributed by atoms with van der Waals surface area (Å²) in [6, 6.07) is 37.6. The Morgan fingerprint density at radius 3 is 2.22 bits per heavy atom. The number of aliphatic imine (C=N–C) groups is 1. The number of nitrogens with zero attached hydrogens (tertiary/aromatic N) is 1. The first-order valence-corrected chi connectivity index (χ1v) is 10.7. The SMILES string of the molecule is C(=Nc1cccc(-c2cc3ccccc3[nH]2)c1)c1c(-c2ccccc2)[nH]c2ccccc12. The molecule has 6 aromatic rings.